The van der Waals surface area contributed by atoms with Crippen molar-refractivity contribution in [2.75, 3.05) is 0 Å². The number of ether oxygens (including phenoxy) is 1. The van der Waals surface area contributed by atoms with Gasteiger partial charge in [0.05, 0.1) is 10.6 Å². The maximum Gasteiger partial charge on any atom is 0.407 e. The molecule has 1 atom stereocenters. The number of hydrogen-bond acceptors (Lipinski definition) is 4. The third-order valence-electron chi connectivity index (χ3n) is 2.98. The van der Waals surface area contributed by atoms with Crippen LogP contribution in [-0.2, 0) is 4.74 Å². The Balaban J connectivity index is 2.15. The molecule has 4 nitrogen and oxygen atoms in total. The molecule has 22 heavy (non-hydrogen) atoms. The second-order valence-corrected chi connectivity index (χ2v) is 6.79. The third kappa shape index (κ3) is 4.21. The second kappa shape index (κ2) is 7.11. The molecule has 1 aromatic heterocycles. The van der Waals surface area contributed by atoms with Crippen LogP contribution in [0.1, 0.15) is 37.4 Å². The summed E-state index contributed by atoms with van der Waals surface area (Å²) in [5, 5.41) is 4.30. The Morgan fingerprint density at radius 3 is 2.50 bits per heavy atom. The summed E-state index contributed by atoms with van der Waals surface area (Å²) in [5.74, 6) is 0. The molecule has 1 heterocycles. The van der Waals surface area contributed by atoms with Crippen LogP contribution in [0.25, 0.3) is 10.6 Å². The highest BCUT2D eigenvalue weighted by atomic mass is 35.5. The van der Waals surface area contributed by atoms with Gasteiger partial charge in [0.15, 0.2) is 0 Å². The lowest BCUT2D eigenvalue weighted by Gasteiger charge is -2.14. The SMILES string of the molecule is Cc1nc(-c2ccc(Cl)cc2)sc1C(C)OC(=O)NC(C)C. The maximum absolute atomic E-state index is 11.7. The number of carbonyl (C=O) groups is 1. The number of hydrogen-bond donors (Lipinski definition) is 1. The number of nitrogens with zero attached hydrogens (tertiary/aromatic N) is 1. The van der Waals surface area contributed by atoms with Crippen LogP contribution >= 0.6 is 22.9 Å². The normalized spacial score (nSPS) is 12.3. The third-order valence-corrected chi connectivity index (χ3v) is 4.60. The molecule has 2 rings (SSSR count). The highest BCUT2D eigenvalue weighted by Crippen LogP contribution is 2.33. The largest absolute Gasteiger partial charge is 0.441 e. The van der Waals surface area contributed by atoms with Crippen LogP contribution in [0.4, 0.5) is 4.79 Å². The molecule has 1 unspecified atom stereocenters. The molecule has 118 valence electrons. The fraction of sp³-hybridized carbons (Fsp3) is 0.375. The summed E-state index contributed by atoms with van der Waals surface area (Å²) in [6, 6.07) is 7.59. The molecular weight excluding hydrogens is 320 g/mol. The van der Waals surface area contributed by atoms with Crippen molar-refractivity contribution in [3.05, 3.63) is 39.9 Å². The van der Waals surface area contributed by atoms with E-state index in [2.05, 4.69) is 10.3 Å². The van der Waals surface area contributed by atoms with Gasteiger partial charge in [0.25, 0.3) is 0 Å². The van der Waals surface area contributed by atoms with E-state index in [1.165, 1.54) is 11.3 Å². The molecule has 1 aromatic carbocycles. The molecule has 6 heteroatoms. The smallest absolute Gasteiger partial charge is 0.407 e. The summed E-state index contributed by atoms with van der Waals surface area (Å²) >= 11 is 7.43. The van der Waals surface area contributed by atoms with Crippen LogP contribution < -0.4 is 5.32 Å². The molecule has 0 aliphatic carbocycles. The minimum atomic E-state index is -0.414. The molecule has 2 aromatic rings. The van der Waals surface area contributed by atoms with Gasteiger partial charge in [0.2, 0.25) is 0 Å². The van der Waals surface area contributed by atoms with Gasteiger partial charge in [-0.05, 0) is 39.8 Å². The number of rotatable bonds is 4. The number of halogens is 1. The van der Waals surface area contributed by atoms with Crippen LogP contribution in [0.2, 0.25) is 5.02 Å². The van der Waals surface area contributed by atoms with E-state index in [0.717, 1.165) is 21.1 Å². The van der Waals surface area contributed by atoms with E-state index in [9.17, 15) is 4.79 Å². The molecule has 1 amide bonds. The lowest BCUT2D eigenvalue weighted by molar-refractivity contribution is 0.106. The van der Waals surface area contributed by atoms with Gasteiger partial charge in [0, 0.05) is 16.6 Å². The predicted octanol–water partition coefficient (Wildman–Crippen LogP) is 4.97. The van der Waals surface area contributed by atoms with Crippen molar-refractivity contribution in [2.24, 2.45) is 0 Å². The minimum absolute atomic E-state index is 0.0480. The Labute approximate surface area is 139 Å². The van der Waals surface area contributed by atoms with Crippen molar-refractivity contribution < 1.29 is 9.53 Å². The van der Waals surface area contributed by atoms with E-state index in [1.807, 2.05) is 52.0 Å². The number of aryl methyl sites for hydroxylation is 1. The van der Waals surface area contributed by atoms with E-state index < -0.39 is 6.09 Å². The van der Waals surface area contributed by atoms with Gasteiger partial charge in [-0.2, -0.15) is 0 Å². The minimum Gasteiger partial charge on any atom is -0.441 e. The molecule has 0 radical (unpaired) electrons. The lowest BCUT2D eigenvalue weighted by atomic mass is 10.2. The summed E-state index contributed by atoms with van der Waals surface area (Å²) < 4.78 is 5.40. The molecule has 0 saturated heterocycles. The van der Waals surface area contributed by atoms with E-state index in [1.54, 1.807) is 0 Å². The molecule has 0 fully saturated rings. The first-order valence-electron chi connectivity index (χ1n) is 7.07. The Morgan fingerprint density at radius 1 is 1.27 bits per heavy atom. The van der Waals surface area contributed by atoms with Gasteiger partial charge in [-0.1, -0.05) is 23.7 Å². The van der Waals surface area contributed by atoms with Crippen molar-refractivity contribution >= 4 is 29.0 Å². The van der Waals surface area contributed by atoms with Crippen LogP contribution in [0.15, 0.2) is 24.3 Å². The Hall–Kier alpha value is -1.59. The molecule has 1 N–H and O–H groups in total. The number of benzene rings is 1. The number of aromatic nitrogens is 1. The number of nitrogens with one attached hydrogen (secondary N) is 1. The van der Waals surface area contributed by atoms with Crippen molar-refractivity contribution in [3.63, 3.8) is 0 Å². The average Bonchev–Trinajstić information content (AvgIpc) is 2.80. The first-order valence-corrected chi connectivity index (χ1v) is 8.26. The fourth-order valence-corrected chi connectivity index (χ4v) is 3.16. The van der Waals surface area contributed by atoms with Crippen LogP contribution in [0.3, 0.4) is 0 Å². The Bertz CT molecular complexity index is 653. The summed E-state index contributed by atoms with van der Waals surface area (Å²) in [4.78, 5) is 17.2. The van der Waals surface area contributed by atoms with Gasteiger partial charge in [-0.15, -0.1) is 11.3 Å². The van der Waals surface area contributed by atoms with Crippen molar-refractivity contribution in [2.45, 2.75) is 39.8 Å². The van der Waals surface area contributed by atoms with E-state index in [0.29, 0.717) is 5.02 Å². The van der Waals surface area contributed by atoms with Crippen molar-refractivity contribution in [1.82, 2.24) is 10.3 Å². The maximum atomic E-state index is 11.7. The summed E-state index contributed by atoms with van der Waals surface area (Å²) in [5.41, 5.74) is 1.88. The second-order valence-electron chi connectivity index (χ2n) is 5.32. The molecular formula is C16H19ClN2O2S. The van der Waals surface area contributed by atoms with Crippen LogP contribution in [0, 0.1) is 6.92 Å². The summed E-state index contributed by atoms with van der Waals surface area (Å²) in [6.07, 6.45) is -0.749. The van der Waals surface area contributed by atoms with E-state index >= 15 is 0 Å². The first-order chi connectivity index (χ1) is 10.4. The van der Waals surface area contributed by atoms with Gasteiger partial charge in [0.1, 0.15) is 11.1 Å². The number of amides is 1. The molecule has 0 aliphatic heterocycles. The predicted molar refractivity (Wildman–Crippen MR) is 90.5 cm³/mol. The quantitative estimate of drug-likeness (QED) is 0.856. The molecule has 0 saturated carbocycles. The van der Waals surface area contributed by atoms with Crippen LogP contribution in [-0.4, -0.2) is 17.1 Å². The van der Waals surface area contributed by atoms with Crippen molar-refractivity contribution in [1.29, 1.82) is 0 Å². The zero-order valence-corrected chi connectivity index (χ0v) is 14.6. The Morgan fingerprint density at radius 2 is 1.91 bits per heavy atom. The summed E-state index contributed by atoms with van der Waals surface area (Å²) in [6.45, 7) is 7.56. The van der Waals surface area contributed by atoms with Gasteiger partial charge in [-0.25, -0.2) is 9.78 Å². The number of carbonyl (C=O) groups excluding carboxylic acids is 1. The number of alkyl carbamates (subject to hydrolysis) is 1. The Kier molecular flexibility index (Phi) is 5.42. The first kappa shape index (κ1) is 16.8. The van der Waals surface area contributed by atoms with Gasteiger partial charge in [-0.3, -0.25) is 0 Å². The van der Waals surface area contributed by atoms with Crippen molar-refractivity contribution in [3.8, 4) is 10.6 Å². The highest BCUT2D eigenvalue weighted by molar-refractivity contribution is 7.15. The highest BCUT2D eigenvalue weighted by Gasteiger charge is 2.19. The van der Waals surface area contributed by atoms with Gasteiger partial charge >= 0.3 is 6.09 Å². The number of thiazole rings is 1. The molecule has 0 spiro atoms. The standard InChI is InChI=1S/C16H19ClN2O2S/c1-9(2)18-16(20)21-11(4)14-10(3)19-15(22-14)12-5-7-13(17)8-6-12/h5-9,11H,1-4H3,(H,18,20). The zero-order chi connectivity index (χ0) is 16.3. The fourth-order valence-electron chi connectivity index (χ4n) is 1.99. The van der Waals surface area contributed by atoms with E-state index in [-0.39, 0.29) is 12.1 Å². The average molecular weight is 339 g/mol. The van der Waals surface area contributed by atoms with Gasteiger partial charge < -0.3 is 10.1 Å². The lowest BCUT2D eigenvalue weighted by Crippen LogP contribution is -2.31. The van der Waals surface area contributed by atoms with Crippen LogP contribution in [0.5, 0.6) is 0 Å². The topological polar surface area (TPSA) is 51.2 Å². The van der Waals surface area contributed by atoms with E-state index in [4.69, 9.17) is 16.3 Å². The molecule has 0 aliphatic rings. The molecule has 0 bridgehead atoms. The summed E-state index contributed by atoms with van der Waals surface area (Å²) in [7, 11) is 0. The monoisotopic (exact) mass is 338 g/mol. The zero-order valence-electron chi connectivity index (χ0n) is 13.0.